The standard InChI is InChI=1S/C103H101N9/c1-63(2)71-37-45-84-92(53-71)105(79-29-21-17-22-30-79)93-54-72(64(3)4)38-46-85(93)109(84)100-61-101(110-86-47-39-73(65(5)6)55-94(86)106(80-31-23-18-24-32-80)95-56-74(66(7)8)40-48-87(95)110)103(112-90-51-43-77(69(13)14)59-98(90)108(82-35-27-20-28-36-82)99-60-78(70(15)16)44-52-91(99)112)83(62-104)102(100)111-88-49-41-75(67(9)10)57-96(88)107(81-33-25-19-26-34-81)97-58-76(68(11)12)42-50-89(97)111/h17-61,63-70H,1-16H3. The van der Waals surface area contributed by atoms with Crippen LogP contribution in [0, 0.1) is 11.3 Å². The van der Waals surface area contributed by atoms with Crippen molar-refractivity contribution in [2.75, 3.05) is 39.2 Å². The lowest BCUT2D eigenvalue weighted by Crippen LogP contribution is -2.31. The number of nitrogens with zero attached hydrogens (tertiary/aromatic N) is 9. The first-order valence-corrected chi connectivity index (χ1v) is 40.5. The average Bonchev–Trinajstić information content (AvgIpc) is 0.691. The number of hydrogen-bond acceptors (Lipinski definition) is 9. The van der Waals surface area contributed by atoms with Gasteiger partial charge in [0, 0.05) is 22.7 Å². The molecule has 4 aliphatic rings. The second-order valence-corrected chi connectivity index (χ2v) is 33.3. The predicted molar refractivity (Wildman–Crippen MR) is 476 cm³/mol. The van der Waals surface area contributed by atoms with Gasteiger partial charge >= 0.3 is 0 Å². The third-order valence-electron chi connectivity index (χ3n) is 23.5. The molecule has 0 unspecified atom stereocenters. The van der Waals surface area contributed by atoms with E-state index in [2.05, 4.69) is 429 Å². The highest BCUT2D eigenvalue weighted by atomic mass is 15.4. The van der Waals surface area contributed by atoms with Crippen molar-refractivity contribution >= 4 is 136 Å². The Hall–Kier alpha value is -12.3. The van der Waals surface area contributed by atoms with Gasteiger partial charge in [-0.15, -0.1) is 0 Å². The third kappa shape index (κ3) is 12.2. The summed E-state index contributed by atoms with van der Waals surface area (Å²) in [5.41, 5.74) is 33.4. The van der Waals surface area contributed by atoms with E-state index in [1.165, 1.54) is 44.5 Å². The second kappa shape index (κ2) is 28.9. The van der Waals surface area contributed by atoms with Crippen LogP contribution >= 0.6 is 0 Å². The van der Waals surface area contributed by atoms with Crippen LogP contribution in [0.1, 0.15) is 208 Å². The van der Waals surface area contributed by atoms with Gasteiger partial charge in [0.05, 0.1) is 114 Å². The van der Waals surface area contributed by atoms with E-state index in [1.807, 2.05) is 0 Å². The smallest absolute Gasteiger partial charge is 0.104 e. The fourth-order valence-electron chi connectivity index (χ4n) is 17.1. The zero-order valence-corrected chi connectivity index (χ0v) is 67.6. The maximum atomic E-state index is 14.1. The van der Waals surface area contributed by atoms with Crippen LogP contribution in [0.15, 0.2) is 273 Å². The van der Waals surface area contributed by atoms with Gasteiger partial charge in [-0.05, 0) is 244 Å². The van der Waals surface area contributed by atoms with Crippen LogP contribution < -0.4 is 39.2 Å². The molecule has 13 aromatic carbocycles. The molecule has 0 aliphatic carbocycles. The van der Waals surface area contributed by atoms with Crippen LogP contribution in [-0.4, -0.2) is 0 Å². The molecule has 112 heavy (non-hydrogen) atoms. The minimum absolute atomic E-state index is 0.194. The zero-order chi connectivity index (χ0) is 77.8. The van der Waals surface area contributed by atoms with E-state index in [1.54, 1.807) is 0 Å². The molecule has 13 aromatic rings. The first-order chi connectivity index (χ1) is 54.2. The fraction of sp³-hybridized carbons (Fsp3) is 0.233. The van der Waals surface area contributed by atoms with Crippen LogP contribution in [-0.2, 0) is 0 Å². The SMILES string of the molecule is CC(C)c1ccc2c(c1)N(c1ccccc1)c1cc(C(C)C)ccc1N2c1cc(N2c3ccc(C(C)C)cc3N(c3ccccc3)c3cc(C(C)C)ccc32)c(N2c3ccc(C(C)C)cc3N(c3ccccc3)c3cc(C(C)C)ccc32)c(C#N)c1N1c2ccc(C(C)C)cc2N(c2ccccc2)c2cc(C(C)C)ccc21. The molecule has 0 atom stereocenters. The minimum atomic E-state index is 0.194. The first-order valence-electron chi connectivity index (χ1n) is 40.5. The molecular formula is C103H101N9. The van der Waals surface area contributed by atoms with E-state index < -0.39 is 0 Å². The molecule has 0 amide bonds. The Labute approximate surface area is 664 Å². The van der Waals surface area contributed by atoms with Crippen LogP contribution in [0.2, 0.25) is 0 Å². The van der Waals surface area contributed by atoms with E-state index in [0.717, 1.165) is 136 Å². The van der Waals surface area contributed by atoms with Crippen molar-refractivity contribution in [3.63, 3.8) is 0 Å². The number of para-hydroxylation sites is 4. The number of benzene rings is 13. The molecule has 9 nitrogen and oxygen atoms in total. The van der Waals surface area contributed by atoms with Crippen molar-refractivity contribution in [2.45, 2.75) is 158 Å². The van der Waals surface area contributed by atoms with E-state index in [-0.39, 0.29) is 47.3 Å². The summed E-state index contributed by atoms with van der Waals surface area (Å²) in [5, 5.41) is 14.1. The molecule has 0 fully saturated rings. The van der Waals surface area contributed by atoms with Crippen LogP contribution in [0.25, 0.3) is 0 Å². The maximum absolute atomic E-state index is 14.1. The molecule has 0 aromatic heterocycles. The number of hydrogen-bond donors (Lipinski definition) is 0. The largest absolute Gasteiger partial charge is 0.306 e. The molecule has 0 bridgehead atoms. The van der Waals surface area contributed by atoms with Gasteiger partial charge in [-0.25, -0.2) is 0 Å². The molecule has 0 spiro atoms. The van der Waals surface area contributed by atoms with Gasteiger partial charge in [0.2, 0.25) is 0 Å². The first kappa shape index (κ1) is 72.6. The summed E-state index contributed by atoms with van der Waals surface area (Å²) in [6.45, 7) is 36.7. The molecule has 0 saturated heterocycles. The number of nitriles is 1. The quantitative estimate of drug-likeness (QED) is 0.0942. The Morgan fingerprint density at radius 2 is 0.348 bits per heavy atom. The van der Waals surface area contributed by atoms with Gasteiger partial charge in [0.25, 0.3) is 0 Å². The summed E-state index contributed by atoms with van der Waals surface area (Å²) in [7, 11) is 0. The lowest BCUT2D eigenvalue weighted by atomic mass is 9.91. The van der Waals surface area contributed by atoms with E-state index >= 15 is 0 Å². The molecule has 0 radical (unpaired) electrons. The Bertz CT molecular complexity index is 5230. The number of anilines is 24. The third-order valence-corrected chi connectivity index (χ3v) is 23.5. The second-order valence-electron chi connectivity index (χ2n) is 33.3. The number of rotatable bonds is 16. The highest BCUT2D eigenvalue weighted by Crippen LogP contribution is 2.68. The molecule has 9 heteroatoms. The van der Waals surface area contributed by atoms with E-state index in [9.17, 15) is 5.26 Å². The van der Waals surface area contributed by atoms with Crippen molar-refractivity contribution in [2.24, 2.45) is 0 Å². The van der Waals surface area contributed by atoms with Gasteiger partial charge < -0.3 is 39.2 Å². The van der Waals surface area contributed by atoms with Crippen LogP contribution in [0.4, 0.5) is 136 Å². The van der Waals surface area contributed by atoms with Gasteiger partial charge in [0.1, 0.15) is 11.6 Å². The van der Waals surface area contributed by atoms with Crippen molar-refractivity contribution in [1.29, 1.82) is 5.26 Å². The Balaban J connectivity index is 1.12. The predicted octanol–water partition coefficient (Wildman–Crippen LogP) is 31.6. The highest BCUT2D eigenvalue weighted by Gasteiger charge is 2.45. The Morgan fingerprint density at radius 1 is 0.179 bits per heavy atom. The molecule has 0 N–H and O–H groups in total. The van der Waals surface area contributed by atoms with Gasteiger partial charge in [0.15, 0.2) is 0 Å². The highest BCUT2D eigenvalue weighted by molar-refractivity contribution is 6.16. The van der Waals surface area contributed by atoms with Crippen LogP contribution in [0.3, 0.4) is 0 Å². The Morgan fingerprint density at radius 3 is 0.509 bits per heavy atom. The van der Waals surface area contributed by atoms with E-state index in [4.69, 9.17) is 0 Å². The summed E-state index contributed by atoms with van der Waals surface area (Å²) in [6, 6.07) is 106. The lowest BCUT2D eigenvalue weighted by Gasteiger charge is -2.47. The lowest BCUT2D eigenvalue weighted by molar-refractivity contribution is 0.862. The summed E-state index contributed by atoms with van der Waals surface area (Å²) in [5.74, 6) is 1.59. The van der Waals surface area contributed by atoms with Crippen molar-refractivity contribution in [3.8, 4) is 6.07 Å². The molecule has 0 saturated carbocycles. The molecular weight excluding hydrogens is 1360 g/mol. The topological polar surface area (TPSA) is 49.7 Å². The summed E-state index contributed by atoms with van der Waals surface area (Å²) < 4.78 is 0. The molecule has 4 heterocycles. The summed E-state index contributed by atoms with van der Waals surface area (Å²) >= 11 is 0. The fourth-order valence-corrected chi connectivity index (χ4v) is 17.1. The van der Waals surface area contributed by atoms with E-state index in [0.29, 0.717) is 5.56 Å². The molecule has 4 aliphatic heterocycles. The zero-order valence-electron chi connectivity index (χ0n) is 67.6. The maximum Gasteiger partial charge on any atom is 0.104 e. The van der Waals surface area contributed by atoms with Gasteiger partial charge in [-0.3, -0.25) is 0 Å². The molecule has 558 valence electrons. The van der Waals surface area contributed by atoms with Crippen molar-refractivity contribution in [1.82, 2.24) is 0 Å². The van der Waals surface area contributed by atoms with Gasteiger partial charge in [-0.2, -0.15) is 5.26 Å². The molecule has 17 rings (SSSR count). The normalized spacial score (nSPS) is 13.5. The Kier molecular flexibility index (Phi) is 18.7. The average molecular weight is 1470 g/mol. The summed E-state index contributed by atoms with van der Waals surface area (Å²) in [4.78, 5) is 20.0. The minimum Gasteiger partial charge on any atom is -0.306 e. The van der Waals surface area contributed by atoms with Gasteiger partial charge in [-0.1, -0.05) is 232 Å². The number of fused-ring (bicyclic) bond motifs is 8. The monoisotopic (exact) mass is 1460 g/mol. The van der Waals surface area contributed by atoms with Crippen molar-refractivity contribution < 1.29 is 0 Å². The summed E-state index contributed by atoms with van der Waals surface area (Å²) in [6.07, 6.45) is 0. The van der Waals surface area contributed by atoms with Crippen LogP contribution in [0.5, 0.6) is 0 Å². The van der Waals surface area contributed by atoms with Crippen molar-refractivity contribution in [3.05, 3.63) is 323 Å².